The highest BCUT2D eigenvalue weighted by Crippen LogP contribution is 2.29. The first kappa shape index (κ1) is 24.2. The topological polar surface area (TPSA) is 90.4 Å². The van der Waals surface area contributed by atoms with Crippen molar-refractivity contribution in [2.75, 3.05) is 26.9 Å². The summed E-state index contributed by atoms with van der Waals surface area (Å²) in [6.45, 7) is 3.10. The Balaban J connectivity index is 1.49. The van der Waals surface area contributed by atoms with Crippen LogP contribution in [0.15, 0.2) is 47.6 Å². The van der Waals surface area contributed by atoms with Crippen LogP contribution in [-0.4, -0.2) is 45.2 Å². The molecule has 33 heavy (non-hydrogen) atoms. The highest BCUT2D eigenvalue weighted by molar-refractivity contribution is 5.82. The zero-order valence-corrected chi connectivity index (χ0v) is 19.3. The minimum Gasteiger partial charge on any atom is -0.493 e. The second kappa shape index (κ2) is 13.2. The molecule has 1 saturated carbocycles. The Labute approximate surface area is 195 Å². The number of methoxy groups -OCH3 is 1. The first-order valence-corrected chi connectivity index (χ1v) is 11.4. The van der Waals surface area contributed by atoms with Gasteiger partial charge < -0.3 is 24.3 Å². The number of hydrazone groups is 1. The molecule has 1 aliphatic carbocycles. The van der Waals surface area contributed by atoms with Gasteiger partial charge in [0.1, 0.15) is 13.2 Å². The average molecular weight is 456 g/mol. The van der Waals surface area contributed by atoms with Crippen LogP contribution in [0.3, 0.4) is 0 Å². The third kappa shape index (κ3) is 7.89. The molecule has 0 unspecified atom stereocenters. The molecule has 8 heteroatoms. The maximum atomic E-state index is 12.0. The lowest BCUT2D eigenvalue weighted by Gasteiger charge is -2.22. The van der Waals surface area contributed by atoms with Crippen LogP contribution >= 0.6 is 0 Å². The van der Waals surface area contributed by atoms with Gasteiger partial charge in [0.05, 0.1) is 19.9 Å². The largest absolute Gasteiger partial charge is 0.493 e. The van der Waals surface area contributed by atoms with Gasteiger partial charge in [0, 0.05) is 6.04 Å². The normalized spacial score (nSPS) is 14.0. The second-order valence-electron chi connectivity index (χ2n) is 7.67. The van der Waals surface area contributed by atoms with Crippen LogP contribution in [0.25, 0.3) is 0 Å². The summed E-state index contributed by atoms with van der Waals surface area (Å²) in [4.78, 5) is 12.0. The SMILES string of the molecule is CCOc1cc(/C=N/NC(=O)NC2CCCCC2)ccc1OCCOc1ccccc1OC. The number of amides is 2. The molecule has 2 amide bonds. The van der Waals surface area contributed by atoms with Crippen LogP contribution in [0.4, 0.5) is 4.79 Å². The molecule has 1 fully saturated rings. The van der Waals surface area contributed by atoms with Crippen LogP contribution in [0, 0.1) is 0 Å². The quantitative estimate of drug-likeness (QED) is 0.295. The predicted molar refractivity (Wildman–Crippen MR) is 128 cm³/mol. The molecule has 0 spiro atoms. The fourth-order valence-electron chi connectivity index (χ4n) is 3.66. The predicted octanol–water partition coefficient (Wildman–Crippen LogP) is 4.52. The molecule has 0 aliphatic heterocycles. The van der Waals surface area contributed by atoms with E-state index >= 15 is 0 Å². The van der Waals surface area contributed by atoms with Gasteiger partial charge in [-0.2, -0.15) is 5.10 Å². The molecule has 0 saturated heterocycles. The molecule has 0 bridgehead atoms. The van der Waals surface area contributed by atoms with E-state index < -0.39 is 0 Å². The number of ether oxygens (including phenoxy) is 4. The maximum absolute atomic E-state index is 12.0. The monoisotopic (exact) mass is 455 g/mol. The number of urea groups is 1. The fourth-order valence-corrected chi connectivity index (χ4v) is 3.66. The first-order valence-electron chi connectivity index (χ1n) is 11.4. The fraction of sp³-hybridized carbons (Fsp3) is 0.440. The van der Waals surface area contributed by atoms with Gasteiger partial charge in [-0.1, -0.05) is 31.4 Å². The molecule has 8 nitrogen and oxygen atoms in total. The Kier molecular flexibility index (Phi) is 9.69. The van der Waals surface area contributed by atoms with E-state index in [0.29, 0.717) is 42.8 Å². The van der Waals surface area contributed by atoms with Gasteiger partial charge in [0.2, 0.25) is 0 Å². The average Bonchev–Trinajstić information content (AvgIpc) is 2.84. The summed E-state index contributed by atoms with van der Waals surface area (Å²) in [7, 11) is 1.61. The lowest BCUT2D eigenvalue weighted by Crippen LogP contribution is -2.41. The number of rotatable bonds is 11. The lowest BCUT2D eigenvalue weighted by molar-refractivity contribution is 0.203. The molecule has 0 aromatic heterocycles. The highest BCUT2D eigenvalue weighted by atomic mass is 16.5. The number of carbonyl (C=O) groups is 1. The van der Waals surface area contributed by atoms with Crippen molar-refractivity contribution in [3.8, 4) is 23.0 Å². The molecule has 1 aliphatic rings. The number of nitrogens with one attached hydrogen (secondary N) is 2. The van der Waals surface area contributed by atoms with Crippen LogP contribution in [0.5, 0.6) is 23.0 Å². The van der Waals surface area contributed by atoms with Crippen molar-refractivity contribution in [3.63, 3.8) is 0 Å². The van der Waals surface area contributed by atoms with Gasteiger partial charge in [-0.05, 0) is 55.7 Å². The van der Waals surface area contributed by atoms with Gasteiger partial charge in [0.25, 0.3) is 0 Å². The van der Waals surface area contributed by atoms with E-state index in [1.807, 2.05) is 49.4 Å². The van der Waals surface area contributed by atoms with E-state index in [9.17, 15) is 4.79 Å². The summed E-state index contributed by atoms with van der Waals surface area (Å²) in [6, 6.07) is 12.9. The zero-order chi connectivity index (χ0) is 23.3. The number of carbonyl (C=O) groups excluding carboxylic acids is 1. The van der Waals surface area contributed by atoms with Crippen LogP contribution < -0.4 is 29.7 Å². The van der Waals surface area contributed by atoms with Crippen molar-refractivity contribution in [1.29, 1.82) is 0 Å². The van der Waals surface area contributed by atoms with Crippen molar-refractivity contribution in [2.24, 2.45) is 5.10 Å². The Morgan fingerprint density at radius 1 is 0.970 bits per heavy atom. The lowest BCUT2D eigenvalue weighted by atomic mass is 9.96. The van der Waals surface area contributed by atoms with Crippen molar-refractivity contribution in [1.82, 2.24) is 10.7 Å². The first-order chi connectivity index (χ1) is 16.2. The van der Waals surface area contributed by atoms with Crippen molar-refractivity contribution in [2.45, 2.75) is 45.1 Å². The molecular formula is C25H33N3O5. The minimum absolute atomic E-state index is 0.238. The molecule has 2 N–H and O–H groups in total. The maximum Gasteiger partial charge on any atom is 0.335 e. The summed E-state index contributed by atoms with van der Waals surface area (Å²) in [6.07, 6.45) is 7.21. The van der Waals surface area contributed by atoms with Gasteiger partial charge in [-0.15, -0.1) is 0 Å². The molecule has 178 valence electrons. The molecule has 0 radical (unpaired) electrons. The summed E-state index contributed by atoms with van der Waals surface area (Å²) < 4.78 is 22.6. The summed E-state index contributed by atoms with van der Waals surface area (Å²) in [5.74, 6) is 2.56. The standard InChI is InChI=1S/C25H33N3O5/c1-3-31-24-17-19(18-26-28-25(29)27-20-9-5-4-6-10-20)13-14-23(24)33-16-15-32-22-12-8-7-11-21(22)30-2/h7-8,11-14,17-18,20H,3-6,9-10,15-16H2,1-2H3,(H2,27,28,29)/b26-18+. The summed E-state index contributed by atoms with van der Waals surface area (Å²) in [5, 5.41) is 7.01. The van der Waals surface area contributed by atoms with Crippen molar-refractivity contribution >= 4 is 12.2 Å². The molecule has 2 aromatic carbocycles. The molecule has 0 atom stereocenters. The Morgan fingerprint density at radius 3 is 2.36 bits per heavy atom. The van der Waals surface area contributed by atoms with Crippen LogP contribution in [0.2, 0.25) is 0 Å². The smallest absolute Gasteiger partial charge is 0.335 e. The third-order valence-corrected chi connectivity index (χ3v) is 5.26. The van der Waals surface area contributed by atoms with Gasteiger partial charge in [-0.3, -0.25) is 0 Å². The minimum atomic E-state index is -0.279. The highest BCUT2D eigenvalue weighted by Gasteiger charge is 2.15. The number of nitrogens with zero attached hydrogens (tertiary/aromatic N) is 1. The van der Waals surface area contributed by atoms with Gasteiger partial charge >= 0.3 is 6.03 Å². The number of hydrogen-bond donors (Lipinski definition) is 2. The van der Waals surface area contributed by atoms with Crippen molar-refractivity contribution < 1.29 is 23.7 Å². The Bertz CT molecular complexity index is 913. The molecule has 2 aromatic rings. The Hall–Kier alpha value is -3.42. The second-order valence-corrected chi connectivity index (χ2v) is 7.67. The Morgan fingerprint density at radius 2 is 1.67 bits per heavy atom. The van der Waals surface area contributed by atoms with Crippen LogP contribution in [-0.2, 0) is 0 Å². The molecule has 3 rings (SSSR count). The van der Waals surface area contributed by atoms with E-state index in [1.54, 1.807) is 13.3 Å². The number of hydrogen-bond acceptors (Lipinski definition) is 6. The molecule has 0 heterocycles. The van der Waals surface area contributed by atoms with E-state index in [0.717, 1.165) is 31.2 Å². The van der Waals surface area contributed by atoms with Crippen molar-refractivity contribution in [3.05, 3.63) is 48.0 Å². The van der Waals surface area contributed by atoms with Gasteiger partial charge in [0.15, 0.2) is 23.0 Å². The van der Waals surface area contributed by atoms with Gasteiger partial charge in [-0.25, -0.2) is 10.2 Å². The van der Waals surface area contributed by atoms with E-state index in [4.69, 9.17) is 18.9 Å². The number of para-hydroxylation sites is 2. The van der Waals surface area contributed by atoms with E-state index in [-0.39, 0.29) is 12.1 Å². The molecular weight excluding hydrogens is 422 g/mol. The summed E-state index contributed by atoms with van der Waals surface area (Å²) in [5.41, 5.74) is 3.32. The van der Waals surface area contributed by atoms with E-state index in [1.165, 1.54) is 6.42 Å². The van der Waals surface area contributed by atoms with Crippen LogP contribution in [0.1, 0.15) is 44.6 Å². The third-order valence-electron chi connectivity index (χ3n) is 5.26. The number of benzene rings is 2. The zero-order valence-electron chi connectivity index (χ0n) is 19.3. The summed E-state index contributed by atoms with van der Waals surface area (Å²) >= 11 is 0. The van der Waals surface area contributed by atoms with E-state index in [2.05, 4.69) is 15.8 Å².